The van der Waals surface area contributed by atoms with E-state index in [1.165, 1.54) is 0 Å². The van der Waals surface area contributed by atoms with Gasteiger partial charge in [0.2, 0.25) is 0 Å². The lowest BCUT2D eigenvalue weighted by molar-refractivity contribution is 0.413. The molecule has 0 amide bonds. The maximum absolute atomic E-state index is 6.46. The van der Waals surface area contributed by atoms with Crippen LogP contribution in [-0.4, -0.2) is 14.2 Å². The van der Waals surface area contributed by atoms with Crippen LogP contribution in [0.2, 0.25) is 0 Å². The zero-order chi connectivity index (χ0) is 17.9. The van der Waals surface area contributed by atoms with Crippen molar-refractivity contribution in [1.82, 2.24) is 0 Å². The van der Waals surface area contributed by atoms with Gasteiger partial charge in [-0.05, 0) is 42.3 Å². The summed E-state index contributed by atoms with van der Waals surface area (Å²) >= 11 is 0. The monoisotopic (exact) mass is 317 g/mol. The van der Waals surface area contributed by atoms with Crippen LogP contribution >= 0.6 is 0 Å². The van der Waals surface area contributed by atoms with E-state index in [0.29, 0.717) is 0 Å². The second kappa shape index (κ2) is 10.7. The molecule has 3 heteroatoms. The molecule has 2 aromatic rings. The third kappa shape index (κ3) is 5.61. The van der Waals surface area contributed by atoms with E-state index < -0.39 is 5.54 Å². The van der Waals surface area contributed by atoms with E-state index in [1.54, 1.807) is 14.2 Å². The zero-order valence-corrected chi connectivity index (χ0v) is 15.5. The smallest absolute Gasteiger partial charge is 0.118 e. The molecule has 0 aliphatic heterocycles. The summed E-state index contributed by atoms with van der Waals surface area (Å²) in [6.07, 6.45) is 0. The molecule has 0 saturated heterocycles. The van der Waals surface area contributed by atoms with E-state index in [1.807, 2.05) is 83.1 Å². The van der Waals surface area contributed by atoms with Gasteiger partial charge in [-0.15, -0.1) is 0 Å². The highest BCUT2D eigenvalue weighted by Gasteiger charge is 2.23. The van der Waals surface area contributed by atoms with Crippen molar-refractivity contribution in [3.63, 3.8) is 0 Å². The molecule has 0 fully saturated rings. The minimum atomic E-state index is -0.543. The Labute approximate surface area is 141 Å². The number of nitrogens with two attached hydrogens (primary N) is 1. The number of hydrogen-bond acceptors (Lipinski definition) is 3. The highest BCUT2D eigenvalue weighted by molar-refractivity contribution is 5.41. The Bertz CT molecular complexity index is 481. The Morgan fingerprint density at radius 3 is 1.13 bits per heavy atom. The second-order valence-electron chi connectivity index (χ2n) is 4.66. The molecular weight excluding hydrogens is 286 g/mol. The summed E-state index contributed by atoms with van der Waals surface area (Å²) in [6, 6.07) is 15.6. The fourth-order valence-corrected chi connectivity index (χ4v) is 2.04. The van der Waals surface area contributed by atoms with Crippen molar-refractivity contribution in [2.75, 3.05) is 14.2 Å². The van der Waals surface area contributed by atoms with Gasteiger partial charge in [-0.3, -0.25) is 0 Å². The first-order valence-electron chi connectivity index (χ1n) is 8.16. The SMILES string of the molecule is CC.CC.COc1ccc(C(C)(N)c2ccc(OC)cc2)cc1. The molecule has 0 saturated carbocycles. The third-order valence-corrected chi connectivity index (χ3v) is 3.38. The predicted octanol–water partition coefficient (Wildman–Crippen LogP) is 4.98. The van der Waals surface area contributed by atoms with Crippen molar-refractivity contribution in [3.05, 3.63) is 59.7 Å². The lowest BCUT2D eigenvalue weighted by Gasteiger charge is -2.26. The largest absolute Gasteiger partial charge is 0.497 e. The van der Waals surface area contributed by atoms with Crippen LogP contribution in [0.1, 0.15) is 45.7 Å². The van der Waals surface area contributed by atoms with Crippen molar-refractivity contribution in [1.29, 1.82) is 0 Å². The number of ether oxygens (including phenoxy) is 2. The second-order valence-corrected chi connectivity index (χ2v) is 4.66. The number of rotatable bonds is 4. The van der Waals surface area contributed by atoms with Crippen LogP contribution in [0, 0.1) is 0 Å². The van der Waals surface area contributed by atoms with E-state index in [0.717, 1.165) is 22.6 Å². The first kappa shape index (κ1) is 21.0. The van der Waals surface area contributed by atoms with Gasteiger partial charge in [0.1, 0.15) is 11.5 Å². The maximum Gasteiger partial charge on any atom is 0.118 e. The summed E-state index contributed by atoms with van der Waals surface area (Å²) < 4.78 is 10.3. The van der Waals surface area contributed by atoms with Gasteiger partial charge < -0.3 is 15.2 Å². The quantitative estimate of drug-likeness (QED) is 0.865. The summed E-state index contributed by atoms with van der Waals surface area (Å²) in [7, 11) is 3.31. The van der Waals surface area contributed by atoms with Gasteiger partial charge in [-0.25, -0.2) is 0 Å². The molecule has 0 radical (unpaired) electrons. The molecule has 0 aromatic heterocycles. The number of hydrogen-bond donors (Lipinski definition) is 1. The normalized spacial score (nSPS) is 9.74. The van der Waals surface area contributed by atoms with E-state index in [2.05, 4.69) is 0 Å². The van der Waals surface area contributed by atoms with Crippen molar-refractivity contribution in [2.45, 2.75) is 40.2 Å². The Morgan fingerprint density at radius 1 is 0.652 bits per heavy atom. The zero-order valence-electron chi connectivity index (χ0n) is 15.5. The van der Waals surface area contributed by atoms with Gasteiger partial charge in [0, 0.05) is 0 Å². The van der Waals surface area contributed by atoms with E-state index >= 15 is 0 Å². The van der Waals surface area contributed by atoms with Gasteiger partial charge in [0.25, 0.3) is 0 Å². The summed E-state index contributed by atoms with van der Waals surface area (Å²) in [5.41, 5.74) is 8.00. The molecule has 3 nitrogen and oxygen atoms in total. The highest BCUT2D eigenvalue weighted by atomic mass is 16.5. The molecule has 0 atom stereocenters. The summed E-state index contributed by atoms with van der Waals surface area (Å²) in [6.45, 7) is 10.00. The van der Waals surface area contributed by atoms with Crippen LogP contribution in [0.25, 0.3) is 0 Å². The van der Waals surface area contributed by atoms with Crippen molar-refractivity contribution < 1.29 is 9.47 Å². The lowest BCUT2D eigenvalue weighted by atomic mass is 9.86. The first-order chi connectivity index (χ1) is 11.1. The van der Waals surface area contributed by atoms with Crippen molar-refractivity contribution in [2.24, 2.45) is 5.73 Å². The van der Waals surface area contributed by atoms with Gasteiger partial charge in [0.15, 0.2) is 0 Å². The molecule has 0 bridgehead atoms. The molecule has 0 aliphatic rings. The summed E-state index contributed by atoms with van der Waals surface area (Å²) in [5, 5.41) is 0. The highest BCUT2D eigenvalue weighted by Crippen LogP contribution is 2.29. The van der Waals surface area contributed by atoms with Gasteiger partial charge in [-0.1, -0.05) is 52.0 Å². The molecule has 128 valence electrons. The van der Waals surface area contributed by atoms with Crippen LogP contribution in [0.3, 0.4) is 0 Å². The predicted molar refractivity (Wildman–Crippen MR) is 99.3 cm³/mol. The third-order valence-electron chi connectivity index (χ3n) is 3.38. The molecule has 2 N–H and O–H groups in total. The molecular formula is C20H31NO2. The van der Waals surface area contributed by atoms with Crippen molar-refractivity contribution >= 4 is 0 Å². The molecule has 0 spiro atoms. The minimum Gasteiger partial charge on any atom is -0.497 e. The van der Waals surface area contributed by atoms with Crippen LogP contribution in [-0.2, 0) is 5.54 Å². The van der Waals surface area contributed by atoms with E-state index in [-0.39, 0.29) is 0 Å². The molecule has 0 unspecified atom stereocenters. The minimum absolute atomic E-state index is 0.543. The molecule has 0 aliphatic carbocycles. The Hall–Kier alpha value is -2.00. The van der Waals surface area contributed by atoms with Gasteiger partial charge >= 0.3 is 0 Å². The molecule has 2 rings (SSSR count). The topological polar surface area (TPSA) is 44.5 Å². The summed E-state index contributed by atoms with van der Waals surface area (Å²) in [4.78, 5) is 0. The Kier molecular flexibility index (Phi) is 9.75. The van der Waals surface area contributed by atoms with Crippen LogP contribution in [0.4, 0.5) is 0 Å². The van der Waals surface area contributed by atoms with Crippen LogP contribution < -0.4 is 15.2 Å². The summed E-state index contributed by atoms with van der Waals surface area (Å²) in [5.74, 6) is 1.66. The van der Waals surface area contributed by atoms with Crippen LogP contribution in [0.15, 0.2) is 48.5 Å². The molecule has 0 heterocycles. The molecule has 23 heavy (non-hydrogen) atoms. The standard InChI is InChI=1S/C16H19NO2.2C2H6/c1-16(17,12-4-8-14(18-2)9-5-12)13-6-10-15(19-3)11-7-13;2*1-2/h4-11H,17H2,1-3H3;2*1-2H3. The maximum atomic E-state index is 6.46. The van der Waals surface area contributed by atoms with Crippen molar-refractivity contribution in [3.8, 4) is 11.5 Å². The van der Waals surface area contributed by atoms with Gasteiger partial charge in [-0.2, -0.15) is 0 Å². The fourth-order valence-electron chi connectivity index (χ4n) is 2.04. The number of methoxy groups -OCH3 is 2. The molecule has 2 aromatic carbocycles. The number of benzene rings is 2. The fraction of sp³-hybridized carbons (Fsp3) is 0.400. The Morgan fingerprint density at radius 2 is 0.913 bits per heavy atom. The Balaban J connectivity index is 0.00000112. The van der Waals surface area contributed by atoms with E-state index in [4.69, 9.17) is 15.2 Å². The van der Waals surface area contributed by atoms with Gasteiger partial charge in [0.05, 0.1) is 19.8 Å². The van der Waals surface area contributed by atoms with Crippen LogP contribution in [0.5, 0.6) is 11.5 Å². The average Bonchev–Trinajstić information content (AvgIpc) is 2.65. The lowest BCUT2D eigenvalue weighted by Crippen LogP contribution is -2.34. The first-order valence-corrected chi connectivity index (χ1v) is 8.16. The average molecular weight is 317 g/mol. The van der Waals surface area contributed by atoms with E-state index in [9.17, 15) is 0 Å².